The van der Waals surface area contributed by atoms with E-state index in [1.807, 2.05) is 48.2 Å². The third-order valence-corrected chi connectivity index (χ3v) is 6.20. The Balaban J connectivity index is 1.52. The normalized spacial score (nSPS) is 15.9. The van der Waals surface area contributed by atoms with Crippen molar-refractivity contribution in [2.24, 2.45) is 0 Å². The van der Waals surface area contributed by atoms with Crippen molar-refractivity contribution in [1.29, 1.82) is 0 Å². The molecule has 29 heavy (non-hydrogen) atoms. The molecule has 2 amide bonds. The largest absolute Gasteiger partial charge is 0.481 e. The van der Waals surface area contributed by atoms with Gasteiger partial charge in [-0.15, -0.1) is 11.3 Å². The Morgan fingerprint density at radius 3 is 2.07 bits per heavy atom. The predicted molar refractivity (Wildman–Crippen MR) is 117 cm³/mol. The van der Waals surface area contributed by atoms with Crippen LogP contribution in [-0.2, 0) is 10.2 Å². The summed E-state index contributed by atoms with van der Waals surface area (Å²) in [6, 6.07) is 11.8. The summed E-state index contributed by atoms with van der Waals surface area (Å²) >= 11 is 1.51. The van der Waals surface area contributed by atoms with E-state index < -0.39 is 6.10 Å². The van der Waals surface area contributed by atoms with Gasteiger partial charge in [0.1, 0.15) is 5.75 Å². The number of benzene rings is 1. The van der Waals surface area contributed by atoms with Crippen LogP contribution in [0.25, 0.3) is 0 Å². The first kappa shape index (κ1) is 21.4. The minimum absolute atomic E-state index is 0.0380. The smallest absolute Gasteiger partial charge is 0.264 e. The van der Waals surface area contributed by atoms with E-state index >= 15 is 0 Å². The fraction of sp³-hybridized carbons (Fsp3) is 0.478. The van der Waals surface area contributed by atoms with Crippen molar-refractivity contribution in [3.05, 3.63) is 51.7 Å². The Labute approximate surface area is 177 Å². The Kier molecular flexibility index (Phi) is 6.32. The molecule has 1 aliphatic heterocycles. The van der Waals surface area contributed by atoms with Gasteiger partial charge in [0.25, 0.3) is 11.8 Å². The van der Waals surface area contributed by atoms with Gasteiger partial charge in [-0.05, 0) is 49.1 Å². The van der Waals surface area contributed by atoms with Crippen LogP contribution in [0.5, 0.6) is 5.75 Å². The molecule has 2 aromatic rings. The number of hydrogen-bond donors (Lipinski definition) is 0. The van der Waals surface area contributed by atoms with Crippen LogP contribution in [0.4, 0.5) is 0 Å². The molecule has 1 aliphatic rings. The number of rotatable bonds is 4. The zero-order chi connectivity index (χ0) is 21.2. The Morgan fingerprint density at radius 1 is 0.966 bits per heavy atom. The summed E-state index contributed by atoms with van der Waals surface area (Å²) in [6.07, 6.45) is -0.558. The molecule has 0 bridgehead atoms. The lowest BCUT2D eigenvalue weighted by atomic mass is 9.87. The predicted octanol–water partition coefficient (Wildman–Crippen LogP) is 4.11. The molecule has 6 heteroatoms. The molecule has 1 fully saturated rings. The number of aryl methyl sites for hydroxylation is 1. The summed E-state index contributed by atoms with van der Waals surface area (Å²) in [4.78, 5) is 30.9. The van der Waals surface area contributed by atoms with Crippen molar-refractivity contribution in [3.8, 4) is 5.75 Å². The van der Waals surface area contributed by atoms with Gasteiger partial charge in [-0.3, -0.25) is 9.59 Å². The molecule has 0 radical (unpaired) electrons. The highest BCUT2D eigenvalue weighted by Crippen LogP contribution is 2.25. The van der Waals surface area contributed by atoms with Crippen LogP contribution in [0.3, 0.4) is 0 Å². The van der Waals surface area contributed by atoms with Gasteiger partial charge >= 0.3 is 0 Å². The highest BCUT2D eigenvalue weighted by atomic mass is 32.1. The van der Waals surface area contributed by atoms with Gasteiger partial charge in [-0.25, -0.2) is 0 Å². The maximum atomic E-state index is 12.8. The molecule has 0 aliphatic carbocycles. The van der Waals surface area contributed by atoms with Gasteiger partial charge in [-0.2, -0.15) is 0 Å². The summed E-state index contributed by atoms with van der Waals surface area (Å²) in [7, 11) is 0. The highest BCUT2D eigenvalue weighted by molar-refractivity contribution is 7.13. The van der Waals surface area contributed by atoms with Crippen LogP contribution in [0.1, 0.15) is 47.8 Å². The zero-order valence-corrected chi connectivity index (χ0v) is 18.7. The van der Waals surface area contributed by atoms with Crippen molar-refractivity contribution < 1.29 is 14.3 Å². The summed E-state index contributed by atoms with van der Waals surface area (Å²) in [6.45, 7) is 12.4. The molecule has 0 N–H and O–H groups in total. The van der Waals surface area contributed by atoms with Crippen LogP contribution in [-0.4, -0.2) is 53.9 Å². The van der Waals surface area contributed by atoms with Gasteiger partial charge in [0.05, 0.1) is 4.88 Å². The first-order valence-electron chi connectivity index (χ1n) is 10.1. The standard InChI is InChI=1S/C23H30N2O3S/c1-16-6-11-20(29-16)22(27)25-14-12-24(13-15-25)21(26)17(2)28-19-9-7-18(8-10-19)23(3,4)5/h6-11,17H,12-15H2,1-5H3. The molecule has 3 rings (SSSR count). The quantitative estimate of drug-likeness (QED) is 0.757. The third kappa shape index (κ3) is 5.18. The molecular weight excluding hydrogens is 384 g/mol. The van der Waals surface area contributed by atoms with E-state index in [2.05, 4.69) is 20.8 Å². The highest BCUT2D eigenvalue weighted by Gasteiger charge is 2.28. The lowest BCUT2D eigenvalue weighted by molar-refractivity contribution is -0.139. The molecular formula is C23H30N2O3S. The van der Waals surface area contributed by atoms with E-state index in [0.29, 0.717) is 31.9 Å². The number of ether oxygens (including phenoxy) is 1. The fourth-order valence-corrected chi connectivity index (χ4v) is 4.22. The Morgan fingerprint density at radius 2 is 1.55 bits per heavy atom. The van der Waals surface area contributed by atoms with Crippen molar-refractivity contribution in [2.75, 3.05) is 26.2 Å². The molecule has 1 atom stereocenters. The van der Waals surface area contributed by atoms with Gasteiger partial charge in [-0.1, -0.05) is 32.9 Å². The van der Waals surface area contributed by atoms with E-state index in [1.165, 1.54) is 16.9 Å². The second-order valence-corrected chi connectivity index (χ2v) is 9.85. The minimum atomic E-state index is -0.558. The number of amides is 2. The van der Waals surface area contributed by atoms with Crippen molar-refractivity contribution >= 4 is 23.2 Å². The first-order valence-corrected chi connectivity index (χ1v) is 10.9. The van der Waals surface area contributed by atoms with Crippen LogP contribution < -0.4 is 4.74 Å². The number of hydrogen-bond acceptors (Lipinski definition) is 4. The van der Waals surface area contributed by atoms with Gasteiger partial charge in [0.15, 0.2) is 6.10 Å². The molecule has 1 saturated heterocycles. The van der Waals surface area contributed by atoms with Crippen molar-refractivity contribution in [3.63, 3.8) is 0 Å². The topological polar surface area (TPSA) is 49.9 Å². The molecule has 1 unspecified atom stereocenters. The van der Waals surface area contributed by atoms with Gasteiger partial charge < -0.3 is 14.5 Å². The number of carbonyl (C=O) groups excluding carboxylic acids is 2. The van der Waals surface area contributed by atoms with Gasteiger partial charge in [0, 0.05) is 31.1 Å². The fourth-order valence-electron chi connectivity index (χ4n) is 3.38. The lowest BCUT2D eigenvalue weighted by Crippen LogP contribution is -2.53. The molecule has 0 saturated carbocycles. The molecule has 5 nitrogen and oxygen atoms in total. The second kappa shape index (κ2) is 8.57. The Bertz CT molecular complexity index is 859. The SMILES string of the molecule is Cc1ccc(C(=O)N2CCN(C(=O)C(C)Oc3ccc(C(C)(C)C)cc3)CC2)s1. The summed E-state index contributed by atoms with van der Waals surface area (Å²) in [5.41, 5.74) is 1.31. The number of piperazine rings is 1. The summed E-state index contributed by atoms with van der Waals surface area (Å²) in [5, 5.41) is 0. The maximum Gasteiger partial charge on any atom is 0.264 e. The minimum Gasteiger partial charge on any atom is -0.481 e. The number of nitrogens with zero attached hydrogens (tertiary/aromatic N) is 2. The van der Waals surface area contributed by atoms with E-state index in [4.69, 9.17) is 4.74 Å². The van der Waals surface area contributed by atoms with Crippen LogP contribution in [0, 0.1) is 6.92 Å². The summed E-state index contributed by atoms with van der Waals surface area (Å²) in [5.74, 6) is 0.711. The van der Waals surface area contributed by atoms with E-state index in [9.17, 15) is 9.59 Å². The second-order valence-electron chi connectivity index (χ2n) is 8.56. The van der Waals surface area contributed by atoms with Crippen LogP contribution >= 0.6 is 11.3 Å². The van der Waals surface area contributed by atoms with E-state index in [1.54, 1.807) is 11.8 Å². The third-order valence-electron chi connectivity index (χ3n) is 5.21. The molecule has 2 heterocycles. The number of carbonyl (C=O) groups is 2. The average Bonchev–Trinajstić information content (AvgIpc) is 3.13. The molecule has 1 aromatic carbocycles. The van der Waals surface area contributed by atoms with Crippen molar-refractivity contribution in [1.82, 2.24) is 9.80 Å². The van der Waals surface area contributed by atoms with Crippen LogP contribution in [0.15, 0.2) is 36.4 Å². The van der Waals surface area contributed by atoms with Gasteiger partial charge in [0.2, 0.25) is 0 Å². The average molecular weight is 415 g/mol. The van der Waals surface area contributed by atoms with E-state index in [-0.39, 0.29) is 17.2 Å². The lowest BCUT2D eigenvalue weighted by Gasteiger charge is -2.35. The molecule has 156 valence electrons. The zero-order valence-electron chi connectivity index (χ0n) is 17.9. The number of thiophene rings is 1. The molecule has 0 spiro atoms. The van der Waals surface area contributed by atoms with Crippen LogP contribution in [0.2, 0.25) is 0 Å². The maximum absolute atomic E-state index is 12.8. The Hall–Kier alpha value is -2.34. The summed E-state index contributed by atoms with van der Waals surface area (Å²) < 4.78 is 5.87. The van der Waals surface area contributed by atoms with Crippen molar-refractivity contribution in [2.45, 2.75) is 46.1 Å². The monoisotopic (exact) mass is 414 g/mol. The van der Waals surface area contributed by atoms with E-state index in [0.717, 1.165) is 9.75 Å². The molecule has 1 aromatic heterocycles. The first-order chi connectivity index (χ1) is 13.6.